The van der Waals surface area contributed by atoms with Gasteiger partial charge in [-0.05, 0) is 60.5 Å². The monoisotopic (exact) mass is 320 g/mol. The Kier molecular flexibility index (Phi) is 4.35. The first-order chi connectivity index (χ1) is 11.8. The Morgan fingerprint density at radius 3 is 2.79 bits per heavy atom. The fraction of sp³-hybridized carbons (Fsp3) is 0.381. The van der Waals surface area contributed by atoms with Crippen molar-refractivity contribution >= 4 is 5.91 Å². The van der Waals surface area contributed by atoms with Crippen LogP contribution >= 0.6 is 0 Å². The van der Waals surface area contributed by atoms with Gasteiger partial charge in [0.05, 0.1) is 0 Å². The lowest BCUT2D eigenvalue weighted by Gasteiger charge is -2.29. The van der Waals surface area contributed by atoms with Crippen molar-refractivity contribution in [3.8, 4) is 0 Å². The van der Waals surface area contributed by atoms with Gasteiger partial charge < -0.3 is 10.2 Å². The molecular weight excluding hydrogens is 296 g/mol. The normalized spacial score (nSPS) is 20.5. The highest BCUT2D eigenvalue weighted by Gasteiger charge is 2.22. The number of amides is 1. The fourth-order valence-corrected chi connectivity index (χ4v) is 3.91. The molecular formula is C21H24N2O. The number of benzene rings is 2. The molecule has 2 heterocycles. The third-order valence-corrected chi connectivity index (χ3v) is 5.32. The summed E-state index contributed by atoms with van der Waals surface area (Å²) in [5.41, 5.74) is 4.79. The molecule has 2 aromatic carbocycles. The number of hydrogen-bond donors (Lipinski definition) is 1. The Morgan fingerprint density at radius 1 is 1.08 bits per heavy atom. The van der Waals surface area contributed by atoms with Crippen LogP contribution < -0.4 is 5.32 Å². The molecule has 0 bridgehead atoms. The number of piperidine rings is 1. The Morgan fingerprint density at radius 2 is 1.96 bits per heavy atom. The van der Waals surface area contributed by atoms with Crippen molar-refractivity contribution in [2.75, 3.05) is 19.6 Å². The van der Waals surface area contributed by atoms with E-state index < -0.39 is 0 Å². The molecule has 3 nitrogen and oxygen atoms in total. The molecule has 1 unspecified atom stereocenters. The minimum absolute atomic E-state index is 0.162. The van der Waals surface area contributed by atoms with E-state index in [2.05, 4.69) is 41.7 Å². The molecule has 0 saturated carbocycles. The van der Waals surface area contributed by atoms with Crippen LogP contribution in [-0.4, -0.2) is 30.4 Å². The van der Waals surface area contributed by atoms with E-state index in [0.717, 1.165) is 38.2 Å². The predicted octanol–water partition coefficient (Wildman–Crippen LogP) is 3.35. The molecule has 0 radical (unpaired) electrons. The Balaban J connectivity index is 1.52. The van der Waals surface area contributed by atoms with Crippen LogP contribution in [0.4, 0.5) is 0 Å². The molecule has 1 saturated heterocycles. The van der Waals surface area contributed by atoms with E-state index in [9.17, 15) is 4.79 Å². The first kappa shape index (κ1) is 15.4. The summed E-state index contributed by atoms with van der Waals surface area (Å²) >= 11 is 0. The van der Waals surface area contributed by atoms with Gasteiger partial charge in [-0.15, -0.1) is 0 Å². The Labute approximate surface area is 143 Å². The van der Waals surface area contributed by atoms with Crippen molar-refractivity contribution in [2.24, 2.45) is 0 Å². The van der Waals surface area contributed by atoms with Crippen LogP contribution in [0.5, 0.6) is 0 Å². The molecule has 2 aliphatic heterocycles. The van der Waals surface area contributed by atoms with Gasteiger partial charge in [0.1, 0.15) is 0 Å². The van der Waals surface area contributed by atoms with Crippen LogP contribution in [-0.2, 0) is 13.0 Å². The summed E-state index contributed by atoms with van der Waals surface area (Å²) in [6.45, 7) is 3.67. The van der Waals surface area contributed by atoms with E-state index in [1.54, 1.807) is 0 Å². The largest absolute Gasteiger partial charge is 0.334 e. The maximum atomic E-state index is 13.0. The molecule has 0 aromatic heterocycles. The van der Waals surface area contributed by atoms with E-state index in [4.69, 9.17) is 0 Å². The standard InChI is InChI=1S/C21H24N2O/c24-21(23-12-10-16-5-1-2-6-20(16)15-23)18-8-3-7-17(13-18)19-9-4-11-22-14-19/h1-3,5-8,13,19,22H,4,9-12,14-15H2. The lowest BCUT2D eigenvalue weighted by Crippen LogP contribution is -2.36. The van der Waals surface area contributed by atoms with Crippen molar-refractivity contribution in [3.63, 3.8) is 0 Å². The number of fused-ring (bicyclic) bond motifs is 1. The van der Waals surface area contributed by atoms with Crippen LogP contribution in [0.15, 0.2) is 48.5 Å². The summed E-state index contributed by atoms with van der Waals surface area (Å²) in [6.07, 6.45) is 3.38. The quantitative estimate of drug-likeness (QED) is 0.920. The number of nitrogens with zero attached hydrogens (tertiary/aromatic N) is 1. The van der Waals surface area contributed by atoms with Crippen LogP contribution in [0.2, 0.25) is 0 Å². The fourth-order valence-electron chi connectivity index (χ4n) is 3.91. The van der Waals surface area contributed by atoms with Gasteiger partial charge in [0.25, 0.3) is 5.91 Å². The molecule has 4 rings (SSSR count). The van der Waals surface area contributed by atoms with Crippen LogP contribution in [0.1, 0.15) is 45.8 Å². The zero-order valence-electron chi connectivity index (χ0n) is 14.0. The summed E-state index contributed by atoms with van der Waals surface area (Å²) in [5, 5.41) is 3.46. The molecule has 1 fully saturated rings. The molecule has 2 aliphatic rings. The zero-order chi connectivity index (χ0) is 16.4. The Bertz CT molecular complexity index is 734. The Hall–Kier alpha value is -2.13. The van der Waals surface area contributed by atoms with Gasteiger partial charge in [-0.1, -0.05) is 36.4 Å². The van der Waals surface area contributed by atoms with Crippen LogP contribution in [0.3, 0.4) is 0 Å². The molecule has 24 heavy (non-hydrogen) atoms. The van der Waals surface area contributed by atoms with Crippen molar-refractivity contribution in [1.82, 2.24) is 10.2 Å². The van der Waals surface area contributed by atoms with Crippen LogP contribution in [0.25, 0.3) is 0 Å². The van der Waals surface area contributed by atoms with Crippen molar-refractivity contribution in [2.45, 2.75) is 31.7 Å². The minimum Gasteiger partial charge on any atom is -0.334 e. The smallest absolute Gasteiger partial charge is 0.254 e. The molecule has 0 aliphatic carbocycles. The van der Waals surface area contributed by atoms with Gasteiger partial charge in [-0.2, -0.15) is 0 Å². The average molecular weight is 320 g/mol. The summed E-state index contributed by atoms with van der Waals surface area (Å²) in [6, 6.07) is 16.7. The van der Waals surface area contributed by atoms with Gasteiger partial charge >= 0.3 is 0 Å². The number of carbonyl (C=O) groups is 1. The molecule has 1 N–H and O–H groups in total. The second-order valence-corrected chi connectivity index (χ2v) is 6.91. The first-order valence-electron chi connectivity index (χ1n) is 8.98. The van der Waals surface area contributed by atoms with E-state index >= 15 is 0 Å². The second kappa shape index (κ2) is 6.78. The number of rotatable bonds is 2. The van der Waals surface area contributed by atoms with Gasteiger partial charge in [-0.25, -0.2) is 0 Å². The summed E-state index contributed by atoms with van der Waals surface area (Å²) in [7, 11) is 0. The predicted molar refractivity (Wildman–Crippen MR) is 96.2 cm³/mol. The van der Waals surface area contributed by atoms with E-state index in [0.29, 0.717) is 5.92 Å². The van der Waals surface area contributed by atoms with Gasteiger partial charge in [-0.3, -0.25) is 4.79 Å². The van der Waals surface area contributed by atoms with Crippen molar-refractivity contribution in [1.29, 1.82) is 0 Å². The van der Waals surface area contributed by atoms with E-state index in [-0.39, 0.29) is 5.91 Å². The highest BCUT2D eigenvalue weighted by molar-refractivity contribution is 5.94. The van der Waals surface area contributed by atoms with Crippen molar-refractivity contribution in [3.05, 3.63) is 70.8 Å². The minimum atomic E-state index is 0.162. The number of carbonyl (C=O) groups excluding carboxylic acids is 1. The lowest BCUT2D eigenvalue weighted by atomic mass is 9.90. The summed E-state index contributed by atoms with van der Waals surface area (Å²) < 4.78 is 0. The van der Waals surface area contributed by atoms with Gasteiger partial charge in [0.2, 0.25) is 0 Å². The average Bonchev–Trinajstić information content (AvgIpc) is 2.68. The summed E-state index contributed by atoms with van der Waals surface area (Å²) in [4.78, 5) is 14.9. The third-order valence-electron chi connectivity index (χ3n) is 5.32. The zero-order valence-corrected chi connectivity index (χ0v) is 14.0. The molecule has 2 aromatic rings. The maximum absolute atomic E-state index is 13.0. The molecule has 1 amide bonds. The molecule has 124 valence electrons. The topological polar surface area (TPSA) is 32.3 Å². The highest BCUT2D eigenvalue weighted by Crippen LogP contribution is 2.25. The highest BCUT2D eigenvalue weighted by atomic mass is 16.2. The second-order valence-electron chi connectivity index (χ2n) is 6.91. The molecule has 3 heteroatoms. The SMILES string of the molecule is O=C(c1cccc(C2CCCNC2)c1)N1CCc2ccccc2C1. The summed E-state index contributed by atoms with van der Waals surface area (Å²) in [5.74, 6) is 0.698. The first-order valence-corrected chi connectivity index (χ1v) is 8.98. The van der Waals surface area contributed by atoms with Crippen LogP contribution in [0, 0.1) is 0 Å². The lowest BCUT2D eigenvalue weighted by molar-refractivity contribution is 0.0734. The van der Waals surface area contributed by atoms with Crippen molar-refractivity contribution < 1.29 is 4.79 Å². The van der Waals surface area contributed by atoms with E-state index in [1.807, 2.05) is 17.0 Å². The van der Waals surface area contributed by atoms with Gasteiger partial charge in [0.15, 0.2) is 0 Å². The van der Waals surface area contributed by atoms with Gasteiger partial charge in [0, 0.05) is 25.2 Å². The third kappa shape index (κ3) is 3.09. The number of nitrogens with one attached hydrogen (secondary N) is 1. The maximum Gasteiger partial charge on any atom is 0.254 e. The molecule has 0 spiro atoms. The number of hydrogen-bond acceptors (Lipinski definition) is 2. The van der Waals surface area contributed by atoms with E-state index in [1.165, 1.54) is 29.5 Å². The molecule has 1 atom stereocenters.